The zero-order chi connectivity index (χ0) is 16.8. The molecule has 0 saturated carbocycles. The first-order valence-electron chi connectivity index (χ1n) is 8.00. The molecular weight excluding hydrogens is 286 g/mol. The van der Waals surface area contributed by atoms with Crippen molar-refractivity contribution in [2.75, 3.05) is 11.5 Å². The quantitative estimate of drug-likeness (QED) is 0.797. The summed E-state index contributed by atoms with van der Waals surface area (Å²) in [6, 6.07) is 16.2. The third-order valence-electron chi connectivity index (χ3n) is 3.75. The van der Waals surface area contributed by atoms with Gasteiger partial charge in [0, 0.05) is 11.7 Å². The minimum Gasteiger partial charge on any atom is -0.367 e. The molecule has 122 valence electrons. The van der Waals surface area contributed by atoms with Gasteiger partial charge in [-0.2, -0.15) is 0 Å². The van der Waals surface area contributed by atoms with Crippen LogP contribution in [0, 0.1) is 13.8 Å². The van der Waals surface area contributed by atoms with E-state index in [4.69, 9.17) is 4.74 Å². The van der Waals surface area contributed by atoms with E-state index < -0.39 is 0 Å². The topological polar surface area (TPSA) is 29.5 Å². The zero-order valence-corrected chi connectivity index (χ0v) is 14.4. The van der Waals surface area contributed by atoms with E-state index in [2.05, 4.69) is 18.2 Å². The fourth-order valence-corrected chi connectivity index (χ4v) is 2.58. The van der Waals surface area contributed by atoms with Crippen LogP contribution in [-0.4, -0.2) is 18.6 Å². The Morgan fingerprint density at radius 2 is 1.78 bits per heavy atom. The van der Waals surface area contributed by atoms with E-state index in [-0.39, 0.29) is 18.6 Å². The lowest BCUT2D eigenvalue weighted by atomic mass is 10.1. The SMILES string of the molecule is Cc1ccc(C)c(N(C(=O)COCc2ccccc2)C(C)C)c1. The molecule has 1 amide bonds. The van der Waals surface area contributed by atoms with Crippen LogP contribution in [-0.2, 0) is 16.1 Å². The number of amides is 1. The Labute approximate surface area is 138 Å². The lowest BCUT2D eigenvalue weighted by Gasteiger charge is -2.28. The van der Waals surface area contributed by atoms with Crippen LogP contribution in [0.1, 0.15) is 30.5 Å². The Hall–Kier alpha value is -2.13. The number of hydrogen-bond donors (Lipinski definition) is 0. The van der Waals surface area contributed by atoms with Gasteiger partial charge in [0.1, 0.15) is 6.61 Å². The molecule has 0 aliphatic carbocycles. The summed E-state index contributed by atoms with van der Waals surface area (Å²) in [7, 11) is 0. The standard InChI is InChI=1S/C20H25NO2/c1-15(2)21(19-12-16(3)10-11-17(19)4)20(22)14-23-13-18-8-6-5-7-9-18/h5-12,15H,13-14H2,1-4H3. The Balaban J connectivity index is 2.05. The maximum Gasteiger partial charge on any atom is 0.253 e. The summed E-state index contributed by atoms with van der Waals surface area (Å²) in [6.07, 6.45) is 0. The molecule has 0 radical (unpaired) electrons. The first-order valence-corrected chi connectivity index (χ1v) is 8.00. The molecule has 0 bridgehead atoms. The van der Waals surface area contributed by atoms with Gasteiger partial charge in [0.05, 0.1) is 6.61 Å². The van der Waals surface area contributed by atoms with Crippen LogP contribution >= 0.6 is 0 Å². The van der Waals surface area contributed by atoms with Crippen molar-refractivity contribution in [3.63, 3.8) is 0 Å². The van der Waals surface area contributed by atoms with Gasteiger partial charge in [0.15, 0.2) is 0 Å². The summed E-state index contributed by atoms with van der Waals surface area (Å²) in [5.74, 6) is -0.00960. The third-order valence-corrected chi connectivity index (χ3v) is 3.75. The highest BCUT2D eigenvalue weighted by Gasteiger charge is 2.20. The van der Waals surface area contributed by atoms with E-state index in [1.807, 2.05) is 62.9 Å². The molecule has 0 N–H and O–H groups in total. The molecule has 2 aromatic carbocycles. The highest BCUT2D eigenvalue weighted by atomic mass is 16.5. The predicted octanol–water partition coefficient (Wildman–Crippen LogP) is 4.26. The summed E-state index contributed by atoms with van der Waals surface area (Å²) in [6.45, 7) is 8.65. The van der Waals surface area contributed by atoms with E-state index in [9.17, 15) is 4.79 Å². The molecule has 0 aromatic heterocycles. The lowest BCUT2D eigenvalue weighted by Crippen LogP contribution is -2.40. The van der Waals surface area contributed by atoms with Crippen molar-refractivity contribution in [3.05, 3.63) is 65.2 Å². The molecule has 3 heteroatoms. The van der Waals surface area contributed by atoms with Crippen LogP contribution in [0.4, 0.5) is 5.69 Å². The van der Waals surface area contributed by atoms with Crippen molar-refractivity contribution in [2.24, 2.45) is 0 Å². The van der Waals surface area contributed by atoms with Crippen LogP contribution in [0.2, 0.25) is 0 Å². The molecule has 0 saturated heterocycles. The Kier molecular flexibility index (Phi) is 5.94. The first-order chi connectivity index (χ1) is 11.0. The molecule has 0 fully saturated rings. The zero-order valence-electron chi connectivity index (χ0n) is 14.4. The molecule has 0 heterocycles. The first kappa shape index (κ1) is 17.2. The second-order valence-corrected chi connectivity index (χ2v) is 6.13. The maximum absolute atomic E-state index is 12.6. The van der Waals surface area contributed by atoms with Crippen molar-refractivity contribution in [3.8, 4) is 0 Å². The van der Waals surface area contributed by atoms with Gasteiger partial charge in [-0.05, 0) is 50.5 Å². The van der Waals surface area contributed by atoms with Gasteiger partial charge in [-0.15, -0.1) is 0 Å². The van der Waals surface area contributed by atoms with Crippen LogP contribution in [0.5, 0.6) is 0 Å². The molecule has 3 nitrogen and oxygen atoms in total. The van der Waals surface area contributed by atoms with Crippen LogP contribution in [0.3, 0.4) is 0 Å². The van der Waals surface area contributed by atoms with Crippen molar-refractivity contribution in [2.45, 2.75) is 40.3 Å². The predicted molar refractivity (Wildman–Crippen MR) is 94.6 cm³/mol. The minimum atomic E-state index is -0.00960. The molecule has 0 spiro atoms. The van der Waals surface area contributed by atoms with Gasteiger partial charge in [0.2, 0.25) is 0 Å². The largest absolute Gasteiger partial charge is 0.367 e. The fraction of sp³-hybridized carbons (Fsp3) is 0.350. The van der Waals surface area contributed by atoms with Gasteiger partial charge >= 0.3 is 0 Å². The van der Waals surface area contributed by atoms with E-state index >= 15 is 0 Å². The number of carbonyl (C=O) groups is 1. The Bertz CT molecular complexity index is 650. The summed E-state index contributed by atoms with van der Waals surface area (Å²) in [4.78, 5) is 14.5. The number of rotatable bonds is 6. The third kappa shape index (κ3) is 4.67. The Morgan fingerprint density at radius 1 is 1.09 bits per heavy atom. The summed E-state index contributed by atoms with van der Waals surface area (Å²) in [5, 5.41) is 0. The van der Waals surface area contributed by atoms with E-state index in [0.29, 0.717) is 6.61 Å². The lowest BCUT2D eigenvalue weighted by molar-refractivity contribution is -0.123. The van der Waals surface area contributed by atoms with Crippen LogP contribution in [0.25, 0.3) is 0 Å². The summed E-state index contributed by atoms with van der Waals surface area (Å²) < 4.78 is 5.61. The molecule has 0 aliphatic rings. The molecule has 0 atom stereocenters. The number of anilines is 1. The van der Waals surface area contributed by atoms with Gasteiger partial charge in [-0.3, -0.25) is 4.79 Å². The number of benzene rings is 2. The van der Waals surface area contributed by atoms with Crippen molar-refractivity contribution in [1.29, 1.82) is 0 Å². The number of carbonyl (C=O) groups excluding carboxylic acids is 1. The van der Waals surface area contributed by atoms with Crippen molar-refractivity contribution >= 4 is 11.6 Å². The second kappa shape index (κ2) is 7.93. The molecule has 2 rings (SSSR count). The maximum atomic E-state index is 12.6. The normalized spacial score (nSPS) is 10.8. The van der Waals surface area contributed by atoms with E-state index in [0.717, 1.165) is 22.4 Å². The van der Waals surface area contributed by atoms with Gasteiger partial charge < -0.3 is 9.64 Å². The molecule has 2 aromatic rings. The highest BCUT2D eigenvalue weighted by Crippen LogP contribution is 2.24. The fourth-order valence-electron chi connectivity index (χ4n) is 2.58. The summed E-state index contributed by atoms with van der Waals surface area (Å²) in [5.41, 5.74) is 4.28. The van der Waals surface area contributed by atoms with E-state index in [1.165, 1.54) is 0 Å². The molecule has 0 aliphatic heterocycles. The monoisotopic (exact) mass is 311 g/mol. The molecule has 0 unspecified atom stereocenters. The number of hydrogen-bond acceptors (Lipinski definition) is 2. The summed E-state index contributed by atoms with van der Waals surface area (Å²) >= 11 is 0. The average Bonchev–Trinajstić information content (AvgIpc) is 2.51. The van der Waals surface area contributed by atoms with Gasteiger partial charge in [-0.1, -0.05) is 42.5 Å². The second-order valence-electron chi connectivity index (χ2n) is 6.13. The minimum absolute atomic E-state index is 0.00960. The average molecular weight is 311 g/mol. The number of aryl methyl sites for hydroxylation is 2. The van der Waals surface area contributed by atoms with Gasteiger partial charge in [0.25, 0.3) is 5.91 Å². The van der Waals surface area contributed by atoms with Crippen LogP contribution in [0.15, 0.2) is 48.5 Å². The highest BCUT2D eigenvalue weighted by molar-refractivity contribution is 5.95. The molecule has 23 heavy (non-hydrogen) atoms. The number of ether oxygens (including phenoxy) is 1. The van der Waals surface area contributed by atoms with Gasteiger partial charge in [-0.25, -0.2) is 0 Å². The van der Waals surface area contributed by atoms with E-state index in [1.54, 1.807) is 0 Å². The smallest absolute Gasteiger partial charge is 0.253 e. The molecular formula is C20H25NO2. The number of nitrogens with zero attached hydrogens (tertiary/aromatic N) is 1. The van der Waals surface area contributed by atoms with Crippen LogP contribution < -0.4 is 4.90 Å². The van der Waals surface area contributed by atoms with Crippen molar-refractivity contribution < 1.29 is 9.53 Å². The van der Waals surface area contributed by atoms with Crippen molar-refractivity contribution in [1.82, 2.24) is 0 Å². The Morgan fingerprint density at radius 3 is 2.43 bits per heavy atom.